The Morgan fingerprint density at radius 2 is 1.96 bits per heavy atom. The Bertz CT molecular complexity index is 961. The predicted octanol–water partition coefficient (Wildman–Crippen LogP) is 3.74. The van der Waals surface area contributed by atoms with E-state index in [4.69, 9.17) is 12.2 Å². The number of hydrogen-bond acceptors (Lipinski definition) is 5. The Balaban J connectivity index is 1.64. The van der Waals surface area contributed by atoms with Gasteiger partial charge in [-0.05, 0) is 65.5 Å². The molecule has 0 saturated heterocycles. The molecule has 3 rings (SSSR count). The van der Waals surface area contributed by atoms with Crippen LogP contribution in [0, 0.1) is 10.5 Å². The molecule has 2 N–H and O–H groups in total. The fourth-order valence-corrected chi connectivity index (χ4v) is 3.84. The Hall–Kier alpha value is -1.98. The van der Waals surface area contributed by atoms with Crippen molar-refractivity contribution in [2.75, 3.05) is 5.43 Å². The van der Waals surface area contributed by atoms with Gasteiger partial charge >= 0.3 is 0 Å². The minimum atomic E-state index is -0.268. The third-order valence-corrected chi connectivity index (χ3v) is 5.40. The molecule has 6 nitrogen and oxygen atoms in total. The van der Waals surface area contributed by atoms with Crippen LogP contribution in [0.3, 0.4) is 0 Å². The molecule has 0 spiro atoms. The van der Waals surface area contributed by atoms with Crippen molar-refractivity contribution in [1.29, 1.82) is 0 Å². The van der Waals surface area contributed by atoms with Gasteiger partial charge in [-0.3, -0.25) is 15.5 Å². The number of amides is 1. The molecule has 9 heteroatoms. The Morgan fingerprint density at radius 3 is 2.70 bits per heavy atom. The number of rotatable bonds is 5. The largest absolute Gasteiger partial charge is 0.298 e. The molecular weight excluding hydrogens is 493 g/mol. The topological polar surface area (TPSA) is 71.8 Å². The highest BCUT2D eigenvalue weighted by atomic mass is 127. The van der Waals surface area contributed by atoms with Crippen molar-refractivity contribution < 1.29 is 4.79 Å². The first-order valence-corrected chi connectivity index (χ1v) is 10.5. The van der Waals surface area contributed by atoms with E-state index in [9.17, 15) is 4.79 Å². The van der Waals surface area contributed by atoms with Gasteiger partial charge in [0.15, 0.2) is 5.11 Å². The minimum absolute atomic E-state index is 0.184. The van der Waals surface area contributed by atoms with E-state index in [-0.39, 0.29) is 11.0 Å². The zero-order chi connectivity index (χ0) is 19.2. The van der Waals surface area contributed by atoms with Gasteiger partial charge < -0.3 is 0 Å². The number of nitrogens with one attached hydrogen (secondary N) is 2. The van der Waals surface area contributed by atoms with Crippen molar-refractivity contribution in [3.8, 4) is 0 Å². The summed E-state index contributed by atoms with van der Waals surface area (Å²) in [5, 5.41) is 11.8. The fraction of sp³-hybridized carbons (Fsp3) is 0.111. The highest BCUT2D eigenvalue weighted by molar-refractivity contribution is 14.1. The zero-order valence-electron chi connectivity index (χ0n) is 14.3. The Morgan fingerprint density at radius 1 is 1.19 bits per heavy atom. The summed E-state index contributed by atoms with van der Waals surface area (Å²) < 4.78 is 2.65. The second-order valence-electron chi connectivity index (χ2n) is 5.54. The van der Waals surface area contributed by atoms with Gasteiger partial charge in [-0.1, -0.05) is 48.2 Å². The monoisotopic (exact) mass is 509 g/mol. The molecule has 0 aliphatic rings. The molecule has 138 valence electrons. The Kier molecular flexibility index (Phi) is 6.80. The molecule has 0 aliphatic carbocycles. The number of aromatic nitrogens is 3. The number of carbonyl (C=O) groups excluding carboxylic acids is 1. The van der Waals surface area contributed by atoms with Gasteiger partial charge in [-0.15, -0.1) is 10.2 Å². The summed E-state index contributed by atoms with van der Waals surface area (Å²) in [6, 6.07) is 17.4. The molecule has 0 radical (unpaired) electrons. The quantitative estimate of drug-likeness (QED) is 0.310. The van der Waals surface area contributed by atoms with Crippen molar-refractivity contribution in [1.82, 2.24) is 20.2 Å². The molecule has 2 aromatic carbocycles. The first-order valence-electron chi connectivity index (χ1n) is 7.99. The maximum Gasteiger partial charge on any atom is 0.257 e. The number of carbonyl (C=O) groups is 1. The number of thioether (sulfide) groups is 1. The summed E-state index contributed by atoms with van der Waals surface area (Å²) >= 11 is 8.97. The van der Waals surface area contributed by atoms with E-state index < -0.39 is 0 Å². The van der Waals surface area contributed by atoms with Gasteiger partial charge in [-0.2, -0.15) is 0 Å². The zero-order valence-corrected chi connectivity index (χ0v) is 18.1. The van der Waals surface area contributed by atoms with Crippen LogP contribution in [0.1, 0.15) is 21.7 Å². The molecule has 0 aliphatic heterocycles. The fourth-order valence-electron chi connectivity index (χ4n) is 2.22. The second-order valence-corrected chi connectivity index (χ2v) is 8.14. The lowest BCUT2D eigenvalue weighted by Gasteiger charge is -2.13. The second kappa shape index (κ2) is 9.29. The van der Waals surface area contributed by atoms with E-state index in [0.29, 0.717) is 16.5 Å². The number of nitrogens with zero attached hydrogens (tertiary/aromatic N) is 3. The van der Waals surface area contributed by atoms with Crippen LogP contribution in [0.2, 0.25) is 0 Å². The van der Waals surface area contributed by atoms with Gasteiger partial charge in [0.2, 0.25) is 5.16 Å². The van der Waals surface area contributed by atoms with Crippen molar-refractivity contribution in [2.24, 2.45) is 0 Å². The van der Waals surface area contributed by atoms with E-state index in [1.807, 2.05) is 37.3 Å². The van der Waals surface area contributed by atoms with Crippen molar-refractivity contribution in [2.45, 2.75) is 17.8 Å². The number of benzene rings is 2. The smallest absolute Gasteiger partial charge is 0.257 e. The number of aryl methyl sites for hydroxylation is 1. The van der Waals surface area contributed by atoms with Crippen LogP contribution in [-0.4, -0.2) is 25.9 Å². The normalized spacial score (nSPS) is 10.4. The molecule has 3 aromatic rings. The van der Waals surface area contributed by atoms with Crippen LogP contribution in [0.4, 0.5) is 0 Å². The summed E-state index contributed by atoms with van der Waals surface area (Å²) in [7, 11) is 0. The summed E-state index contributed by atoms with van der Waals surface area (Å²) in [6.07, 6.45) is 0. The minimum Gasteiger partial charge on any atom is -0.298 e. The van der Waals surface area contributed by atoms with E-state index in [1.54, 1.807) is 16.8 Å². The highest BCUT2D eigenvalue weighted by Gasteiger charge is 2.13. The molecule has 0 saturated carbocycles. The van der Waals surface area contributed by atoms with Crippen molar-refractivity contribution in [3.05, 3.63) is 75.1 Å². The summed E-state index contributed by atoms with van der Waals surface area (Å²) in [5.41, 5.74) is 4.71. The van der Waals surface area contributed by atoms with Crippen LogP contribution in [0.5, 0.6) is 0 Å². The predicted molar refractivity (Wildman–Crippen MR) is 119 cm³/mol. The molecule has 1 aromatic heterocycles. The van der Waals surface area contributed by atoms with E-state index >= 15 is 0 Å². The van der Waals surface area contributed by atoms with E-state index in [1.165, 1.54) is 17.3 Å². The van der Waals surface area contributed by atoms with Gasteiger partial charge in [0.05, 0.1) is 0 Å². The van der Waals surface area contributed by atoms with E-state index in [2.05, 4.69) is 55.7 Å². The number of hydrogen-bond donors (Lipinski definition) is 2. The van der Waals surface area contributed by atoms with Crippen LogP contribution in [-0.2, 0) is 5.75 Å². The van der Waals surface area contributed by atoms with E-state index in [0.717, 1.165) is 9.32 Å². The molecule has 27 heavy (non-hydrogen) atoms. The SMILES string of the molecule is Cc1nnc(SCc2ccccc2)n1NC(=S)NC(=O)c1cccc(I)c1. The molecule has 1 heterocycles. The molecule has 0 fully saturated rings. The third kappa shape index (κ3) is 5.50. The van der Waals surface area contributed by atoms with Gasteiger partial charge in [-0.25, -0.2) is 4.68 Å². The van der Waals surface area contributed by atoms with Crippen LogP contribution in [0.25, 0.3) is 0 Å². The van der Waals surface area contributed by atoms with Crippen molar-refractivity contribution in [3.63, 3.8) is 0 Å². The lowest BCUT2D eigenvalue weighted by molar-refractivity contribution is 0.0977. The molecule has 0 atom stereocenters. The van der Waals surface area contributed by atoms with Crippen LogP contribution in [0.15, 0.2) is 59.8 Å². The molecule has 1 amide bonds. The summed E-state index contributed by atoms with van der Waals surface area (Å²) in [5.74, 6) is 1.13. The molecule has 0 unspecified atom stereocenters. The standard InChI is InChI=1S/C18H16IN5OS2/c1-12-21-22-18(27-11-13-6-3-2-4-7-13)24(12)23-17(26)20-16(25)14-8-5-9-15(19)10-14/h2-10H,11H2,1H3,(H2,20,23,25,26). The number of halogens is 1. The third-order valence-electron chi connectivity index (χ3n) is 3.53. The lowest BCUT2D eigenvalue weighted by Crippen LogP contribution is -2.38. The summed E-state index contributed by atoms with van der Waals surface area (Å²) in [6.45, 7) is 1.82. The van der Waals surface area contributed by atoms with Crippen LogP contribution < -0.4 is 10.7 Å². The van der Waals surface area contributed by atoms with Crippen molar-refractivity contribution >= 4 is 57.6 Å². The first-order chi connectivity index (χ1) is 13.0. The first kappa shape index (κ1) is 19.8. The molecule has 0 bridgehead atoms. The van der Waals surface area contributed by atoms with Crippen LogP contribution >= 0.6 is 46.6 Å². The average Bonchev–Trinajstić information content (AvgIpc) is 3.00. The Labute approximate surface area is 180 Å². The number of thiocarbonyl (C=S) groups is 1. The maximum absolute atomic E-state index is 12.3. The van der Waals surface area contributed by atoms with Gasteiger partial charge in [0.25, 0.3) is 5.91 Å². The molecular formula is C18H16IN5OS2. The highest BCUT2D eigenvalue weighted by Crippen LogP contribution is 2.20. The van der Waals surface area contributed by atoms with Gasteiger partial charge in [0.1, 0.15) is 5.82 Å². The average molecular weight is 509 g/mol. The van der Waals surface area contributed by atoms with Gasteiger partial charge in [0, 0.05) is 14.9 Å². The maximum atomic E-state index is 12.3. The lowest BCUT2D eigenvalue weighted by atomic mass is 10.2. The summed E-state index contributed by atoms with van der Waals surface area (Å²) in [4.78, 5) is 12.3.